The normalized spacial score (nSPS) is 17.0. The lowest BCUT2D eigenvalue weighted by atomic mass is 9.95. The number of aromatic amines is 2. The van der Waals surface area contributed by atoms with Gasteiger partial charge in [0.15, 0.2) is 0 Å². The van der Waals surface area contributed by atoms with E-state index < -0.39 is 11.3 Å². The van der Waals surface area contributed by atoms with Crippen molar-refractivity contribution in [2.24, 2.45) is 0 Å². The SMILES string of the molecule is O=c1[nH]c(NS(=O)O)cc2c1[nH]c1ccc(NC3CCCCC3)cc12. The highest BCUT2D eigenvalue weighted by Gasteiger charge is 2.14. The van der Waals surface area contributed by atoms with Gasteiger partial charge in [0, 0.05) is 28.0 Å². The predicted molar refractivity (Wildman–Crippen MR) is 101 cm³/mol. The van der Waals surface area contributed by atoms with Crippen LogP contribution in [-0.4, -0.2) is 24.8 Å². The van der Waals surface area contributed by atoms with Crippen LogP contribution in [0.1, 0.15) is 32.1 Å². The first-order valence-corrected chi connectivity index (χ1v) is 9.53. The Bertz CT molecular complexity index is 1000. The average Bonchev–Trinajstić information content (AvgIpc) is 2.94. The molecule has 0 saturated heterocycles. The number of H-pyrrole nitrogens is 2. The van der Waals surface area contributed by atoms with Crippen LogP contribution < -0.4 is 15.6 Å². The van der Waals surface area contributed by atoms with Gasteiger partial charge in [0.1, 0.15) is 11.3 Å². The largest absolute Gasteiger partial charge is 0.382 e. The smallest absolute Gasteiger partial charge is 0.273 e. The first-order chi connectivity index (χ1) is 12.1. The van der Waals surface area contributed by atoms with Gasteiger partial charge in [-0.05, 0) is 37.1 Å². The van der Waals surface area contributed by atoms with Crippen molar-refractivity contribution in [1.29, 1.82) is 0 Å². The number of hydrogen-bond acceptors (Lipinski definition) is 3. The van der Waals surface area contributed by atoms with Crippen LogP contribution in [0.3, 0.4) is 0 Å². The molecule has 4 rings (SSSR count). The van der Waals surface area contributed by atoms with Crippen molar-refractivity contribution < 1.29 is 8.76 Å². The maximum absolute atomic E-state index is 12.2. The molecule has 132 valence electrons. The van der Waals surface area contributed by atoms with Gasteiger partial charge in [0.05, 0.1) is 0 Å². The van der Waals surface area contributed by atoms with E-state index in [0.29, 0.717) is 11.6 Å². The summed E-state index contributed by atoms with van der Waals surface area (Å²) in [6.07, 6.45) is 6.19. The highest BCUT2D eigenvalue weighted by Crippen LogP contribution is 2.29. The van der Waals surface area contributed by atoms with Gasteiger partial charge in [-0.15, -0.1) is 0 Å². The fourth-order valence-electron chi connectivity index (χ4n) is 3.63. The molecule has 5 N–H and O–H groups in total. The Hall–Kier alpha value is -2.32. The van der Waals surface area contributed by atoms with Crippen molar-refractivity contribution >= 4 is 44.6 Å². The van der Waals surface area contributed by atoms with Gasteiger partial charge in [-0.1, -0.05) is 19.3 Å². The van der Waals surface area contributed by atoms with Crippen molar-refractivity contribution in [3.05, 3.63) is 34.6 Å². The molecule has 1 aliphatic carbocycles. The van der Waals surface area contributed by atoms with Crippen LogP contribution >= 0.6 is 0 Å². The number of anilines is 2. The molecule has 1 saturated carbocycles. The molecule has 0 spiro atoms. The van der Waals surface area contributed by atoms with Gasteiger partial charge < -0.3 is 15.3 Å². The van der Waals surface area contributed by atoms with E-state index in [0.717, 1.165) is 22.0 Å². The van der Waals surface area contributed by atoms with E-state index in [9.17, 15) is 9.00 Å². The van der Waals surface area contributed by atoms with Crippen LogP contribution in [0.2, 0.25) is 0 Å². The van der Waals surface area contributed by atoms with Gasteiger partial charge in [0.2, 0.25) is 0 Å². The summed E-state index contributed by atoms with van der Waals surface area (Å²) in [6.45, 7) is 0. The Morgan fingerprint density at radius 2 is 1.88 bits per heavy atom. The van der Waals surface area contributed by atoms with Gasteiger partial charge in [-0.3, -0.25) is 14.1 Å². The van der Waals surface area contributed by atoms with E-state index in [-0.39, 0.29) is 11.4 Å². The predicted octanol–water partition coefficient (Wildman–Crippen LogP) is 3.30. The highest BCUT2D eigenvalue weighted by atomic mass is 32.2. The number of benzene rings is 1. The molecule has 0 amide bonds. The molecule has 3 aromatic rings. The summed E-state index contributed by atoms with van der Waals surface area (Å²) in [5, 5.41) is 5.22. The number of rotatable bonds is 4. The molecule has 2 aromatic heterocycles. The topological polar surface area (TPSA) is 110 Å². The third-order valence-corrected chi connectivity index (χ3v) is 5.17. The quantitative estimate of drug-likeness (QED) is 0.460. The van der Waals surface area contributed by atoms with E-state index in [1.54, 1.807) is 6.07 Å². The number of fused-ring (bicyclic) bond motifs is 3. The zero-order valence-electron chi connectivity index (χ0n) is 13.6. The molecule has 1 unspecified atom stereocenters. The molecule has 0 radical (unpaired) electrons. The molecule has 1 aromatic carbocycles. The third kappa shape index (κ3) is 3.27. The fraction of sp³-hybridized carbons (Fsp3) is 0.353. The lowest BCUT2D eigenvalue weighted by molar-refractivity contribution is 0.463. The Morgan fingerprint density at radius 1 is 1.08 bits per heavy atom. The summed E-state index contributed by atoms with van der Waals surface area (Å²) in [7, 11) is 0. The molecule has 0 aliphatic heterocycles. The summed E-state index contributed by atoms with van der Waals surface area (Å²) in [4.78, 5) is 17.9. The van der Waals surface area contributed by atoms with Crippen molar-refractivity contribution in [1.82, 2.24) is 9.97 Å². The van der Waals surface area contributed by atoms with Crippen LogP contribution in [0.4, 0.5) is 11.5 Å². The molecular formula is C17H20N4O3S. The molecule has 1 atom stereocenters. The van der Waals surface area contributed by atoms with Gasteiger partial charge in [-0.2, -0.15) is 0 Å². The third-order valence-electron chi connectivity index (χ3n) is 4.78. The Kier molecular flexibility index (Phi) is 4.22. The van der Waals surface area contributed by atoms with Gasteiger partial charge >= 0.3 is 0 Å². The van der Waals surface area contributed by atoms with Crippen LogP contribution in [-0.2, 0) is 11.3 Å². The first-order valence-electron chi connectivity index (χ1n) is 8.43. The van der Waals surface area contributed by atoms with Crippen molar-refractivity contribution in [2.75, 3.05) is 10.0 Å². The number of pyridine rings is 1. The van der Waals surface area contributed by atoms with Crippen molar-refractivity contribution in [3.63, 3.8) is 0 Å². The average molecular weight is 360 g/mol. The lowest BCUT2D eigenvalue weighted by Crippen LogP contribution is -2.22. The molecule has 2 heterocycles. The van der Waals surface area contributed by atoms with Crippen LogP contribution in [0, 0.1) is 0 Å². The molecule has 7 nitrogen and oxygen atoms in total. The second-order valence-corrected chi connectivity index (χ2v) is 7.22. The molecule has 8 heteroatoms. The Balaban J connectivity index is 1.76. The molecule has 1 fully saturated rings. The summed E-state index contributed by atoms with van der Waals surface area (Å²) in [6, 6.07) is 8.17. The number of hydrogen-bond donors (Lipinski definition) is 5. The van der Waals surface area contributed by atoms with Crippen LogP contribution in [0.25, 0.3) is 21.8 Å². The van der Waals surface area contributed by atoms with E-state index in [1.165, 1.54) is 32.1 Å². The van der Waals surface area contributed by atoms with Crippen molar-refractivity contribution in [2.45, 2.75) is 38.1 Å². The Morgan fingerprint density at radius 3 is 2.64 bits per heavy atom. The second-order valence-electron chi connectivity index (χ2n) is 6.52. The minimum Gasteiger partial charge on any atom is -0.382 e. The lowest BCUT2D eigenvalue weighted by Gasteiger charge is -2.23. The summed E-state index contributed by atoms with van der Waals surface area (Å²) < 4.78 is 22.2. The molecule has 0 bridgehead atoms. The minimum atomic E-state index is -2.24. The van der Waals surface area contributed by atoms with Gasteiger partial charge in [0.25, 0.3) is 16.8 Å². The van der Waals surface area contributed by atoms with E-state index in [4.69, 9.17) is 4.55 Å². The Labute approximate surface area is 146 Å². The molecule has 25 heavy (non-hydrogen) atoms. The molecule has 1 aliphatic rings. The zero-order chi connectivity index (χ0) is 17.4. The maximum atomic E-state index is 12.2. The fourth-order valence-corrected chi connectivity index (χ4v) is 3.93. The maximum Gasteiger partial charge on any atom is 0.273 e. The van der Waals surface area contributed by atoms with E-state index >= 15 is 0 Å². The zero-order valence-corrected chi connectivity index (χ0v) is 14.4. The second kappa shape index (κ2) is 6.53. The summed E-state index contributed by atoms with van der Waals surface area (Å²) in [5.41, 5.74) is 2.01. The monoisotopic (exact) mass is 360 g/mol. The van der Waals surface area contributed by atoms with Crippen LogP contribution in [0.15, 0.2) is 29.1 Å². The first kappa shape index (κ1) is 16.2. The van der Waals surface area contributed by atoms with E-state index in [2.05, 4.69) is 20.0 Å². The number of aromatic nitrogens is 2. The van der Waals surface area contributed by atoms with E-state index in [1.807, 2.05) is 18.2 Å². The number of nitrogens with one attached hydrogen (secondary N) is 4. The minimum absolute atomic E-state index is 0.213. The highest BCUT2D eigenvalue weighted by molar-refractivity contribution is 7.80. The summed E-state index contributed by atoms with van der Waals surface area (Å²) in [5.74, 6) is 0.213. The van der Waals surface area contributed by atoms with Gasteiger partial charge in [-0.25, -0.2) is 4.21 Å². The summed E-state index contributed by atoms with van der Waals surface area (Å²) >= 11 is -2.24. The molecular weight excluding hydrogens is 340 g/mol. The van der Waals surface area contributed by atoms with Crippen LogP contribution in [0.5, 0.6) is 0 Å². The standard InChI is InChI=1S/C17H20N4O3S/c22-17-16-13(9-15(20-17)21-25(23)24)12-8-11(6-7-14(12)19-16)18-10-4-2-1-3-5-10/h6-10,18-19H,1-5H2,(H,23,24)(H2,20,21,22). The van der Waals surface area contributed by atoms with Crippen molar-refractivity contribution in [3.8, 4) is 0 Å².